The fourth-order valence-corrected chi connectivity index (χ4v) is 3.39. The van der Waals surface area contributed by atoms with Gasteiger partial charge in [-0.2, -0.15) is 0 Å². The molecule has 2 aromatic carbocycles. The van der Waals surface area contributed by atoms with Gasteiger partial charge < -0.3 is 4.74 Å². The maximum Gasteiger partial charge on any atom is 0.259 e. The smallest absolute Gasteiger partial charge is 0.259 e. The fourth-order valence-electron chi connectivity index (χ4n) is 3.39. The number of aromatic nitrogens is 2. The highest BCUT2D eigenvalue weighted by molar-refractivity contribution is 6.05. The van der Waals surface area contributed by atoms with Crippen molar-refractivity contribution >= 4 is 17.4 Å². The van der Waals surface area contributed by atoms with Gasteiger partial charge >= 0.3 is 0 Å². The number of carbonyl (C=O) groups excluding carboxylic acids is 1. The first-order chi connectivity index (χ1) is 14.2. The Morgan fingerprint density at radius 2 is 1.69 bits per heavy atom. The second kappa shape index (κ2) is 8.19. The number of anilines is 1. The van der Waals surface area contributed by atoms with Gasteiger partial charge in [0.05, 0.1) is 5.69 Å². The van der Waals surface area contributed by atoms with Crippen LogP contribution in [-0.2, 0) is 13.0 Å². The van der Waals surface area contributed by atoms with Crippen LogP contribution in [0, 0.1) is 0 Å². The summed E-state index contributed by atoms with van der Waals surface area (Å²) in [7, 11) is 1.79. The molecule has 0 N–H and O–H groups in total. The zero-order valence-electron chi connectivity index (χ0n) is 16.6. The third-order valence-corrected chi connectivity index (χ3v) is 4.87. The van der Waals surface area contributed by atoms with Gasteiger partial charge in [0.2, 0.25) is 0 Å². The quantitative estimate of drug-likeness (QED) is 0.481. The van der Waals surface area contributed by atoms with Crippen LogP contribution < -0.4 is 9.64 Å². The number of imidazole rings is 1. The van der Waals surface area contributed by atoms with Crippen LogP contribution in [0.4, 0.5) is 5.82 Å². The molecule has 0 aliphatic carbocycles. The lowest BCUT2D eigenvalue weighted by atomic mass is 10.2. The van der Waals surface area contributed by atoms with Crippen molar-refractivity contribution in [1.82, 2.24) is 9.38 Å². The number of hydrogen-bond donors (Lipinski definition) is 0. The molecule has 0 spiro atoms. The third kappa shape index (κ3) is 3.72. The Morgan fingerprint density at radius 1 is 1.00 bits per heavy atom. The molecule has 0 saturated heterocycles. The molecule has 5 nitrogen and oxygen atoms in total. The van der Waals surface area contributed by atoms with E-state index in [0.29, 0.717) is 30.0 Å². The first-order valence-corrected chi connectivity index (χ1v) is 9.68. The predicted octanol–water partition coefficient (Wildman–Crippen LogP) is 4.75. The highest BCUT2D eigenvalue weighted by Crippen LogP contribution is 2.29. The molecule has 4 aromatic rings. The van der Waals surface area contributed by atoms with Gasteiger partial charge in [-0.1, -0.05) is 55.5 Å². The van der Waals surface area contributed by atoms with Crippen LogP contribution in [0.2, 0.25) is 0 Å². The molecule has 146 valence electrons. The molecule has 0 radical (unpaired) electrons. The minimum atomic E-state index is -0.0716. The Kier molecular flexibility index (Phi) is 5.29. The average Bonchev–Trinajstić information content (AvgIpc) is 3.17. The van der Waals surface area contributed by atoms with Crippen LogP contribution in [0.3, 0.4) is 0 Å². The molecule has 1 amide bonds. The van der Waals surface area contributed by atoms with Crippen molar-refractivity contribution in [3.05, 3.63) is 95.8 Å². The summed E-state index contributed by atoms with van der Waals surface area (Å²) in [5, 5.41) is 0. The van der Waals surface area contributed by atoms with Gasteiger partial charge in [0, 0.05) is 18.8 Å². The molecular formula is C24H23N3O2. The summed E-state index contributed by atoms with van der Waals surface area (Å²) in [5.41, 5.74) is 3.30. The Bertz CT molecular complexity index is 1120. The second-order valence-electron chi connectivity index (χ2n) is 6.81. The van der Waals surface area contributed by atoms with E-state index in [4.69, 9.17) is 9.72 Å². The summed E-state index contributed by atoms with van der Waals surface area (Å²) in [6.45, 7) is 2.50. The molecule has 5 heteroatoms. The minimum absolute atomic E-state index is 0.0716. The zero-order chi connectivity index (χ0) is 20.2. The topological polar surface area (TPSA) is 46.8 Å². The van der Waals surface area contributed by atoms with Crippen molar-refractivity contribution in [3.63, 3.8) is 0 Å². The van der Waals surface area contributed by atoms with E-state index in [0.717, 1.165) is 17.1 Å². The Labute approximate surface area is 170 Å². The van der Waals surface area contributed by atoms with E-state index in [9.17, 15) is 4.79 Å². The number of nitrogens with zero attached hydrogens (tertiary/aromatic N) is 3. The highest BCUT2D eigenvalue weighted by Gasteiger charge is 2.22. The van der Waals surface area contributed by atoms with E-state index in [2.05, 4.69) is 0 Å². The van der Waals surface area contributed by atoms with Gasteiger partial charge in [0.15, 0.2) is 11.4 Å². The van der Waals surface area contributed by atoms with Crippen molar-refractivity contribution in [2.24, 2.45) is 0 Å². The van der Waals surface area contributed by atoms with E-state index < -0.39 is 0 Å². The number of aryl methyl sites for hydroxylation is 1. The van der Waals surface area contributed by atoms with Crippen LogP contribution in [0.25, 0.3) is 5.65 Å². The maximum absolute atomic E-state index is 13.0. The van der Waals surface area contributed by atoms with Gasteiger partial charge in [0.1, 0.15) is 12.4 Å². The number of carbonyl (C=O) groups is 1. The number of fused-ring (bicyclic) bond motifs is 1. The van der Waals surface area contributed by atoms with Gasteiger partial charge in [-0.05, 0) is 36.2 Å². The van der Waals surface area contributed by atoms with E-state index in [-0.39, 0.29) is 5.91 Å². The molecule has 0 saturated carbocycles. The summed E-state index contributed by atoms with van der Waals surface area (Å²) in [6, 6.07) is 23.1. The van der Waals surface area contributed by atoms with Crippen LogP contribution >= 0.6 is 0 Å². The molecule has 2 aromatic heterocycles. The molecule has 0 aliphatic rings. The largest absolute Gasteiger partial charge is 0.485 e. The van der Waals surface area contributed by atoms with Crippen LogP contribution in [-0.4, -0.2) is 22.3 Å². The average molecular weight is 385 g/mol. The summed E-state index contributed by atoms with van der Waals surface area (Å²) in [6.07, 6.45) is 2.63. The van der Waals surface area contributed by atoms with Crippen LogP contribution in [0.1, 0.15) is 28.5 Å². The second-order valence-corrected chi connectivity index (χ2v) is 6.81. The highest BCUT2D eigenvalue weighted by atomic mass is 16.5. The van der Waals surface area contributed by atoms with Crippen molar-refractivity contribution in [2.75, 3.05) is 11.9 Å². The predicted molar refractivity (Wildman–Crippen MR) is 115 cm³/mol. The maximum atomic E-state index is 13.0. The van der Waals surface area contributed by atoms with E-state index in [1.165, 1.54) is 0 Å². The van der Waals surface area contributed by atoms with Crippen molar-refractivity contribution < 1.29 is 9.53 Å². The molecule has 0 atom stereocenters. The number of rotatable bonds is 6. The number of hydrogen-bond acceptors (Lipinski definition) is 3. The summed E-state index contributed by atoms with van der Waals surface area (Å²) in [4.78, 5) is 19.5. The summed E-state index contributed by atoms with van der Waals surface area (Å²) in [5.74, 6) is 1.39. The van der Waals surface area contributed by atoms with E-state index >= 15 is 0 Å². The summed E-state index contributed by atoms with van der Waals surface area (Å²) < 4.78 is 7.99. The minimum Gasteiger partial charge on any atom is -0.485 e. The molecule has 0 bridgehead atoms. The Morgan fingerprint density at radius 3 is 2.38 bits per heavy atom. The fraction of sp³-hybridized carbons (Fsp3) is 0.167. The molecule has 2 heterocycles. The summed E-state index contributed by atoms with van der Waals surface area (Å²) >= 11 is 0. The molecular weight excluding hydrogens is 362 g/mol. The van der Waals surface area contributed by atoms with Crippen molar-refractivity contribution in [2.45, 2.75) is 20.0 Å². The number of pyridine rings is 1. The normalized spacial score (nSPS) is 10.8. The van der Waals surface area contributed by atoms with Crippen LogP contribution in [0.15, 0.2) is 79.0 Å². The first-order valence-electron chi connectivity index (χ1n) is 9.68. The van der Waals surface area contributed by atoms with Gasteiger partial charge in [-0.15, -0.1) is 0 Å². The Balaban J connectivity index is 1.70. The van der Waals surface area contributed by atoms with Crippen molar-refractivity contribution in [3.8, 4) is 5.75 Å². The molecule has 4 rings (SSSR count). The Hall–Kier alpha value is -3.60. The lowest BCUT2D eigenvalue weighted by Crippen LogP contribution is -2.28. The molecule has 0 fully saturated rings. The lowest BCUT2D eigenvalue weighted by molar-refractivity contribution is 0.0992. The van der Waals surface area contributed by atoms with E-state index in [1.807, 2.05) is 90.3 Å². The first kappa shape index (κ1) is 18.7. The number of ether oxygens (including phenoxy) is 1. The molecule has 29 heavy (non-hydrogen) atoms. The number of amides is 1. The zero-order valence-corrected chi connectivity index (χ0v) is 16.6. The standard InChI is InChI=1S/C24H23N3O2/c1-3-20-23(26(2)24(28)19-13-8-5-9-14-19)27-16-10-15-21(22(27)25-20)29-17-18-11-6-4-7-12-18/h4-16H,3,17H2,1-2H3. The lowest BCUT2D eigenvalue weighted by Gasteiger charge is -2.18. The van der Waals surface area contributed by atoms with Crippen molar-refractivity contribution in [1.29, 1.82) is 0 Å². The van der Waals surface area contributed by atoms with Gasteiger partial charge in [0.25, 0.3) is 5.91 Å². The molecule has 0 aliphatic heterocycles. The molecule has 0 unspecified atom stereocenters. The van der Waals surface area contributed by atoms with Crippen LogP contribution in [0.5, 0.6) is 5.75 Å². The SMILES string of the molecule is CCc1nc2c(OCc3ccccc3)cccn2c1N(C)C(=O)c1ccccc1. The van der Waals surface area contributed by atoms with E-state index in [1.54, 1.807) is 11.9 Å². The van der Waals surface area contributed by atoms with Gasteiger partial charge in [-0.3, -0.25) is 14.1 Å². The van der Waals surface area contributed by atoms with Gasteiger partial charge in [-0.25, -0.2) is 4.98 Å². The third-order valence-electron chi connectivity index (χ3n) is 4.87. The monoisotopic (exact) mass is 385 g/mol. The number of benzene rings is 2.